The first-order valence-corrected chi connectivity index (χ1v) is 14.5. The summed E-state index contributed by atoms with van der Waals surface area (Å²) < 4.78 is 5.35. The van der Waals surface area contributed by atoms with Crippen LogP contribution in [0.5, 0.6) is 11.5 Å². The largest absolute Gasteiger partial charge is 0.504 e. The van der Waals surface area contributed by atoms with Crippen LogP contribution in [0.25, 0.3) is 0 Å². The maximum atomic E-state index is 12.7. The summed E-state index contributed by atoms with van der Waals surface area (Å²) in [4.78, 5) is 36.5. The molecule has 1 aliphatic rings. The molecule has 2 rings (SSSR count). The van der Waals surface area contributed by atoms with E-state index in [2.05, 4.69) is 22.9 Å². The van der Waals surface area contributed by atoms with Crippen LogP contribution >= 0.6 is 0 Å². The predicted octanol–water partition coefficient (Wildman–Crippen LogP) is 4.79. The molecule has 214 valence electrons. The molecule has 0 spiro atoms. The Bertz CT molecular complexity index is 904. The maximum Gasteiger partial charge on any atom is 0.242 e. The van der Waals surface area contributed by atoms with E-state index in [0.29, 0.717) is 24.2 Å². The highest BCUT2D eigenvalue weighted by Gasteiger charge is 2.31. The lowest BCUT2D eigenvalue weighted by molar-refractivity contribution is -0.128. The third-order valence-corrected chi connectivity index (χ3v) is 7.40. The fraction of sp³-hybridized carbons (Fsp3) is 0.700. The summed E-state index contributed by atoms with van der Waals surface area (Å²) in [5.41, 5.74) is 2.26. The Kier molecular flexibility index (Phi) is 14.2. The third-order valence-electron chi connectivity index (χ3n) is 7.40. The van der Waals surface area contributed by atoms with Crippen LogP contribution in [0.1, 0.15) is 114 Å². The normalized spacial score (nSPS) is 17.4. The number of ether oxygens (including phenoxy) is 1. The summed E-state index contributed by atoms with van der Waals surface area (Å²) in [6, 6.07) is 0.352. The lowest BCUT2D eigenvalue weighted by Gasteiger charge is -2.32. The summed E-state index contributed by atoms with van der Waals surface area (Å²) >= 11 is 0. The molecule has 1 aliphatic heterocycles. The van der Waals surface area contributed by atoms with E-state index in [4.69, 9.17) is 4.74 Å². The number of benzene rings is 1. The molecule has 0 fully saturated rings. The van der Waals surface area contributed by atoms with Crippen molar-refractivity contribution in [1.82, 2.24) is 16.0 Å². The van der Waals surface area contributed by atoms with Gasteiger partial charge in [-0.3, -0.25) is 14.9 Å². The van der Waals surface area contributed by atoms with Crippen molar-refractivity contribution >= 4 is 18.1 Å². The molecule has 0 aliphatic carbocycles. The van der Waals surface area contributed by atoms with Crippen molar-refractivity contribution in [2.75, 3.05) is 13.7 Å². The first-order chi connectivity index (χ1) is 18.3. The molecule has 8 heteroatoms. The average molecular weight is 532 g/mol. The van der Waals surface area contributed by atoms with Gasteiger partial charge in [0.1, 0.15) is 12.3 Å². The molecule has 4 N–H and O–H groups in total. The van der Waals surface area contributed by atoms with Crippen molar-refractivity contribution in [3.8, 4) is 11.5 Å². The quantitative estimate of drug-likeness (QED) is 0.160. The molecule has 0 unspecified atom stereocenters. The maximum absolute atomic E-state index is 12.7. The summed E-state index contributed by atoms with van der Waals surface area (Å²) in [6.45, 7) is 5.90. The lowest BCUT2D eigenvalue weighted by atomic mass is 9.88. The van der Waals surface area contributed by atoms with Gasteiger partial charge in [-0.1, -0.05) is 77.2 Å². The summed E-state index contributed by atoms with van der Waals surface area (Å²) in [7, 11) is 1.50. The van der Waals surface area contributed by atoms with Gasteiger partial charge in [0.25, 0.3) is 0 Å². The molecule has 0 radical (unpaired) electrons. The Morgan fingerprint density at radius 2 is 1.71 bits per heavy atom. The Morgan fingerprint density at radius 1 is 1.11 bits per heavy atom. The minimum absolute atomic E-state index is 0.0203. The van der Waals surface area contributed by atoms with E-state index in [9.17, 15) is 19.5 Å². The minimum Gasteiger partial charge on any atom is -0.504 e. The van der Waals surface area contributed by atoms with E-state index in [0.717, 1.165) is 36.7 Å². The second kappa shape index (κ2) is 17.1. The van der Waals surface area contributed by atoms with Crippen LogP contribution in [0.3, 0.4) is 0 Å². The number of aldehydes is 1. The van der Waals surface area contributed by atoms with Gasteiger partial charge in [-0.25, -0.2) is 0 Å². The van der Waals surface area contributed by atoms with E-state index < -0.39 is 18.1 Å². The van der Waals surface area contributed by atoms with E-state index in [1.807, 2.05) is 13.0 Å². The molecule has 2 amide bonds. The zero-order valence-corrected chi connectivity index (χ0v) is 23.9. The number of hydrogen-bond donors (Lipinski definition) is 4. The molecule has 0 saturated heterocycles. The zero-order chi connectivity index (χ0) is 27.9. The number of carbonyl (C=O) groups is 3. The van der Waals surface area contributed by atoms with Crippen LogP contribution in [0.2, 0.25) is 0 Å². The Hall–Kier alpha value is -2.61. The number of phenolic OH excluding ortho intramolecular Hbond substituents is 1. The van der Waals surface area contributed by atoms with Crippen LogP contribution < -0.4 is 20.7 Å². The topological polar surface area (TPSA) is 117 Å². The van der Waals surface area contributed by atoms with Crippen molar-refractivity contribution in [2.45, 2.75) is 122 Å². The van der Waals surface area contributed by atoms with E-state index in [1.165, 1.54) is 58.5 Å². The Labute approximate surface area is 228 Å². The minimum atomic E-state index is -0.679. The van der Waals surface area contributed by atoms with Crippen LogP contribution in [0, 0.1) is 6.92 Å². The van der Waals surface area contributed by atoms with Gasteiger partial charge in [-0.05, 0) is 37.8 Å². The molecule has 0 bridgehead atoms. The van der Waals surface area contributed by atoms with Crippen molar-refractivity contribution in [3.05, 3.63) is 22.8 Å². The Balaban J connectivity index is 1.72. The van der Waals surface area contributed by atoms with E-state index >= 15 is 0 Å². The summed E-state index contributed by atoms with van der Waals surface area (Å²) in [6.07, 6.45) is 15.2. The molecular formula is C30H49N3O5. The van der Waals surface area contributed by atoms with Gasteiger partial charge in [0.15, 0.2) is 11.5 Å². The number of amides is 2. The van der Waals surface area contributed by atoms with Gasteiger partial charge >= 0.3 is 0 Å². The number of nitrogens with one attached hydrogen (secondary N) is 3. The number of hydrogen-bond acceptors (Lipinski definition) is 6. The van der Waals surface area contributed by atoms with Gasteiger partial charge in [0.05, 0.1) is 19.2 Å². The average Bonchev–Trinajstić information content (AvgIpc) is 2.89. The van der Waals surface area contributed by atoms with Gasteiger partial charge in [-0.2, -0.15) is 0 Å². The predicted molar refractivity (Wildman–Crippen MR) is 151 cm³/mol. The highest BCUT2D eigenvalue weighted by molar-refractivity contribution is 5.87. The van der Waals surface area contributed by atoms with Crippen molar-refractivity contribution in [1.29, 1.82) is 0 Å². The van der Waals surface area contributed by atoms with Crippen LogP contribution in [0.15, 0.2) is 6.07 Å². The summed E-state index contributed by atoms with van der Waals surface area (Å²) in [5.74, 6) is -0.0302. The van der Waals surface area contributed by atoms with Crippen LogP contribution in [-0.4, -0.2) is 48.9 Å². The number of phenols is 1. The molecule has 8 nitrogen and oxygen atoms in total. The van der Waals surface area contributed by atoms with Crippen molar-refractivity contribution in [2.24, 2.45) is 0 Å². The van der Waals surface area contributed by atoms with Gasteiger partial charge in [0.2, 0.25) is 11.8 Å². The SMILES string of the molecule is CCCCCCCCCCCCCC(=O)N[C@@H](C)C(=O)NC[C@@H]1N[C@H](C=O)Cc2cc(C)c(OC)c(O)c21. The number of methoxy groups -OCH3 is 1. The number of aromatic hydroxyl groups is 1. The first kappa shape index (κ1) is 31.6. The number of aryl methyl sites for hydroxylation is 1. The molecule has 1 aromatic rings. The second-order valence-electron chi connectivity index (χ2n) is 10.6. The van der Waals surface area contributed by atoms with E-state index in [1.54, 1.807) is 6.92 Å². The fourth-order valence-electron chi connectivity index (χ4n) is 5.25. The molecule has 38 heavy (non-hydrogen) atoms. The number of rotatable bonds is 18. The van der Waals surface area contributed by atoms with Gasteiger partial charge < -0.3 is 25.3 Å². The van der Waals surface area contributed by atoms with Gasteiger partial charge in [-0.15, -0.1) is 0 Å². The monoisotopic (exact) mass is 531 g/mol. The third kappa shape index (κ3) is 9.93. The number of fused-ring (bicyclic) bond motifs is 1. The molecule has 3 atom stereocenters. The standard InChI is InChI=1S/C30H49N3O5/c1-5-6-7-8-9-10-11-12-13-14-15-16-26(35)32-22(3)30(37)31-19-25-27-23(18-24(20-34)33-25)17-21(2)29(38-4)28(27)36/h17,20,22,24-25,33,36H,5-16,18-19H2,1-4H3,(H,31,37)(H,32,35)/t22-,24-,25-/m0/s1. The molecule has 0 saturated carbocycles. The summed E-state index contributed by atoms with van der Waals surface area (Å²) in [5, 5.41) is 19.6. The van der Waals surface area contributed by atoms with Gasteiger partial charge in [0, 0.05) is 18.5 Å². The highest BCUT2D eigenvalue weighted by atomic mass is 16.5. The number of carbonyl (C=O) groups excluding carboxylic acids is 3. The highest BCUT2D eigenvalue weighted by Crippen LogP contribution is 2.41. The lowest BCUT2D eigenvalue weighted by Crippen LogP contribution is -2.49. The van der Waals surface area contributed by atoms with Crippen LogP contribution in [-0.2, 0) is 20.8 Å². The second-order valence-corrected chi connectivity index (χ2v) is 10.6. The van der Waals surface area contributed by atoms with E-state index in [-0.39, 0.29) is 24.1 Å². The first-order valence-electron chi connectivity index (χ1n) is 14.5. The molecule has 1 aromatic carbocycles. The van der Waals surface area contributed by atoms with Crippen LogP contribution in [0.4, 0.5) is 0 Å². The molecule has 0 aromatic heterocycles. The van der Waals surface area contributed by atoms with Crippen molar-refractivity contribution < 1.29 is 24.2 Å². The van der Waals surface area contributed by atoms with Crippen molar-refractivity contribution in [3.63, 3.8) is 0 Å². The zero-order valence-electron chi connectivity index (χ0n) is 23.9. The Morgan fingerprint density at radius 3 is 2.29 bits per heavy atom. The smallest absolute Gasteiger partial charge is 0.242 e. The fourth-order valence-corrected chi connectivity index (χ4v) is 5.25. The number of unbranched alkanes of at least 4 members (excludes halogenated alkanes) is 10. The molecular weight excluding hydrogens is 482 g/mol. The molecule has 1 heterocycles.